The topological polar surface area (TPSA) is 139 Å². The average Bonchev–Trinajstić information content (AvgIpc) is 3.43. The summed E-state index contributed by atoms with van der Waals surface area (Å²) < 4.78 is 18.1. The number of benzene rings is 3. The Bertz CT molecular complexity index is 1640. The Labute approximate surface area is 235 Å². The SMILES string of the molecule is COc1ccc(-n2cc(COc3ccc(/C=C/C(=O)c4cc5c(cc4O)OC(C)(C)CC5)cc3)nn2)c([N+](=O)[O-])c1. The van der Waals surface area contributed by atoms with Gasteiger partial charge in [-0.25, -0.2) is 4.68 Å². The van der Waals surface area contributed by atoms with Gasteiger partial charge in [0.15, 0.2) is 5.78 Å². The fourth-order valence-electron chi connectivity index (χ4n) is 4.43. The van der Waals surface area contributed by atoms with Gasteiger partial charge in [-0.2, -0.15) is 0 Å². The normalized spacial score (nSPS) is 13.8. The number of phenols is 1. The van der Waals surface area contributed by atoms with Gasteiger partial charge < -0.3 is 19.3 Å². The van der Waals surface area contributed by atoms with E-state index < -0.39 is 4.92 Å². The number of carbonyl (C=O) groups is 1. The summed E-state index contributed by atoms with van der Waals surface area (Å²) in [5, 5.41) is 29.9. The number of allylic oxidation sites excluding steroid dienone is 1. The van der Waals surface area contributed by atoms with Crippen molar-refractivity contribution in [1.82, 2.24) is 15.0 Å². The molecule has 1 N–H and O–H groups in total. The lowest BCUT2D eigenvalue weighted by Crippen LogP contribution is -2.32. The third-order valence-electron chi connectivity index (χ3n) is 6.69. The van der Waals surface area contributed by atoms with Crippen LogP contribution in [0.3, 0.4) is 0 Å². The average molecular weight is 557 g/mol. The predicted octanol–water partition coefficient (Wildman–Crippen LogP) is 5.47. The maximum absolute atomic E-state index is 12.8. The highest BCUT2D eigenvalue weighted by Gasteiger charge is 2.28. The highest BCUT2D eigenvalue weighted by atomic mass is 16.6. The first-order chi connectivity index (χ1) is 19.6. The van der Waals surface area contributed by atoms with E-state index in [2.05, 4.69) is 10.3 Å². The third-order valence-corrected chi connectivity index (χ3v) is 6.69. The monoisotopic (exact) mass is 556 g/mol. The number of nitrogens with zero attached hydrogens (tertiary/aromatic N) is 4. The van der Waals surface area contributed by atoms with Crippen molar-refractivity contribution in [2.24, 2.45) is 0 Å². The van der Waals surface area contributed by atoms with E-state index in [0.717, 1.165) is 24.0 Å². The number of aromatic hydroxyl groups is 1. The molecule has 41 heavy (non-hydrogen) atoms. The molecule has 1 aliphatic rings. The second-order valence-corrected chi connectivity index (χ2v) is 10.2. The maximum Gasteiger partial charge on any atom is 0.298 e. The Morgan fingerprint density at radius 1 is 1.17 bits per heavy atom. The van der Waals surface area contributed by atoms with Crippen LogP contribution in [0.2, 0.25) is 0 Å². The van der Waals surface area contributed by atoms with E-state index in [4.69, 9.17) is 14.2 Å². The Morgan fingerprint density at radius 2 is 1.93 bits per heavy atom. The summed E-state index contributed by atoms with van der Waals surface area (Å²) in [6.07, 6.45) is 6.23. The first-order valence-electron chi connectivity index (χ1n) is 12.9. The van der Waals surface area contributed by atoms with Gasteiger partial charge in [0.05, 0.1) is 29.9 Å². The van der Waals surface area contributed by atoms with Crippen molar-refractivity contribution in [3.8, 4) is 28.7 Å². The molecule has 1 aromatic heterocycles. The molecule has 11 heteroatoms. The minimum atomic E-state index is -0.510. The van der Waals surface area contributed by atoms with Crippen molar-refractivity contribution in [2.75, 3.05) is 7.11 Å². The lowest BCUT2D eigenvalue weighted by molar-refractivity contribution is -0.384. The number of ether oxygens (including phenoxy) is 3. The number of aryl methyl sites for hydroxylation is 1. The molecule has 1 aliphatic heterocycles. The molecule has 0 saturated carbocycles. The van der Waals surface area contributed by atoms with Crippen LogP contribution in [0.25, 0.3) is 11.8 Å². The van der Waals surface area contributed by atoms with Crippen LogP contribution >= 0.6 is 0 Å². The van der Waals surface area contributed by atoms with Crippen LogP contribution in [-0.2, 0) is 13.0 Å². The van der Waals surface area contributed by atoms with Crippen LogP contribution in [0.5, 0.6) is 23.0 Å². The summed E-state index contributed by atoms with van der Waals surface area (Å²) >= 11 is 0. The Morgan fingerprint density at radius 3 is 2.66 bits per heavy atom. The zero-order chi connectivity index (χ0) is 29.1. The zero-order valence-electron chi connectivity index (χ0n) is 22.7. The molecule has 0 saturated heterocycles. The number of rotatable bonds is 9. The molecule has 0 amide bonds. The molecular weight excluding hydrogens is 528 g/mol. The molecule has 0 bridgehead atoms. The largest absolute Gasteiger partial charge is 0.507 e. The molecule has 4 aromatic rings. The van der Waals surface area contributed by atoms with Crippen molar-refractivity contribution in [1.29, 1.82) is 0 Å². The van der Waals surface area contributed by atoms with Crippen LogP contribution in [-0.4, -0.2) is 43.5 Å². The van der Waals surface area contributed by atoms with E-state index in [1.165, 1.54) is 36.1 Å². The van der Waals surface area contributed by atoms with Gasteiger partial charge in [0.2, 0.25) is 0 Å². The van der Waals surface area contributed by atoms with Gasteiger partial charge in [0.25, 0.3) is 5.69 Å². The summed E-state index contributed by atoms with van der Waals surface area (Å²) in [6, 6.07) is 14.8. The molecule has 5 rings (SSSR count). The second kappa shape index (κ2) is 11.1. The Hall–Kier alpha value is -5.19. The second-order valence-electron chi connectivity index (χ2n) is 10.2. The highest BCUT2D eigenvalue weighted by molar-refractivity contribution is 6.08. The van der Waals surface area contributed by atoms with Crippen molar-refractivity contribution >= 4 is 17.5 Å². The number of carbonyl (C=O) groups excluding carboxylic acids is 1. The van der Waals surface area contributed by atoms with Crippen LogP contribution < -0.4 is 14.2 Å². The zero-order valence-corrected chi connectivity index (χ0v) is 22.7. The number of fused-ring (bicyclic) bond motifs is 1. The Kier molecular flexibility index (Phi) is 7.43. The lowest BCUT2D eigenvalue weighted by Gasteiger charge is -2.32. The van der Waals surface area contributed by atoms with Gasteiger partial charge in [-0.3, -0.25) is 14.9 Å². The molecule has 0 radical (unpaired) electrons. The first kappa shape index (κ1) is 27.4. The minimum Gasteiger partial charge on any atom is -0.507 e. The Balaban J connectivity index is 1.21. The molecule has 2 heterocycles. The quantitative estimate of drug-likeness (QED) is 0.123. The molecule has 0 spiro atoms. The molecule has 0 atom stereocenters. The number of nitro benzene ring substituents is 1. The maximum atomic E-state index is 12.8. The van der Waals surface area contributed by atoms with E-state index in [9.17, 15) is 20.0 Å². The fraction of sp³-hybridized carbons (Fsp3) is 0.233. The van der Waals surface area contributed by atoms with Crippen molar-refractivity contribution < 1.29 is 29.0 Å². The van der Waals surface area contributed by atoms with Gasteiger partial charge in [-0.1, -0.05) is 23.4 Å². The number of hydrogen-bond acceptors (Lipinski definition) is 9. The van der Waals surface area contributed by atoms with Gasteiger partial charge >= 0.3 is 0 Å². The molecule has 3 aromatic carbocycles. The standard InChI is InChI=1S/C30H28N4O7/c1-30(2)13-12-20-14-24(28(36)16-29(20)41-30)27(35)11-6-19-4-7-22(8-5-19)40-18-21-17-33(32-31-21)25-10-9-23(39-3)15-26(25)34(37)38/h4-11,14-17,36H,12-13,18H2,1-3H3/b11-6+. The predicted molar refractivity (Wildman–Crippen MR) is 150 cm³/mol. The van der Waals surface area contributed by atoms with E-state index >= 15 is 0 Å². The number of ketones is 1. The summed E-state index contributed by atoms with van der Waals surface area (Å²) in [4.78, 5) is 23.8. The summed E-state index contributed by atoms with van der Waals surface area (Å²) in [5.41, 5.74) is 2.16. The number of hydrogen-bond donors (Lipinski definition) is 1. The highest BCUT2D eigenvalue weighted by Crippen LogP contribution is 2.37. The summed E-state index contributed by atoms with van der Waals surface area (Å²) in [7, 11) is 1.43. The van der Waals surface area contributed by atoms with Crippen molar-refractivity contribution in [3.63, 3.8) is 0 Å². The van der Waals surface area contributed by atoms with E-state index in [1.807, 2.05) is 13.8 Å². The number of nitro groups is 1. The summed E-state index contributed by atoms with van der Waals surface area (Å²) in [6.45, 7) is 4.08. The van der Waals surface area contributed by atoms with Gasteiger partial charge in [0.1, 0.15) is 46.6 Å². The summed E-state index contributed by atoms with van der Waals surface area (Å²) in [5.74, 6) is 1.12. The smallest absolute Gasteiger partial charge is 0.298 e. The first-order valence-corrected chi connectivity index (χ1v) is 12.9. The van der Waals surface area contributed by atoms with Crippen molar-refractivity contribution in [2.45, 2.75) is 38.9 Å². The molecule has 210 valence electrons. The molecule has 11 nitrogen and oxygen atoms in total. The van der Waals surface area contributed by atoms with Gasteiger partial charge in [-0.05, 0) is 74.2 Å². The van der Waals surface area contributed by atoms with E-state index in [-0.39, 0.29) is 40.7 Å². The van der Waals surface area contributed by atoms with Crippen LogP contribution in [0.1, 0.15) is 47.4 Å². The molecular formula is C30H28N4O7. The minimum absolute atomic E-state index is 0.0934. The number of aromatic nitrogens is 3. The van der Waals surface area contributed by atoms with E-state index in [1.54, 1.807) is 48.7 Å². The number of phenolic OH excluding ortho intramolecular Hbond substituents is 1. The molecule has 0 aliphatic carbocycles. The molecule has 0 fully saturated rings. The number of methoxy groups -OCH3 is 1. The van der Waals surface area contributed by atoms with Crippen LogP contribution in [0, 0.1) is 10.1 Å². The van der Waals surface area contributed by atoms with E-state index in [0.29, 0.717) is 22.9 Å². The van der Waals surface area contributed by atoms with Crippen LogP contribution in [0.4, 0.5) is 5.69 Å². The molecule has 0 unspecified atom stereocenters. The van der Waals surface area contributed by atoms with Crippen LogP contribution in [0.15, 0.2) is 66.9 Å². The lowest BCUT2D eigenvalue weighted by atomic mass is 9.92. The fourth-order valence-corrected chi connectivity index (χ4v) is 4.43. The third kappa shape index (κ3) is 6.19. The van der Waals surface area contributed by atoms with Crippen molar-refractivity contribution in [3.05, 3.63) is 99.4 Å². The van der Waals surface area contributed by atoms with Gasteiger partial charge in [-0.15, -0.1) is 5.10 Å². The van der Waals surface area contributed by atoms with Gasteiger partial charge in [0, 0.05) is 6.07 Å².